The summed E-state index contributed by atoms with van der Waals surface area (Å²) in [5.41, 5.74) is 7.03. The highest BCUT2D eigenvalue weighted by Crippen LogP contribution is 2.45. The van der Waals surface area contributed by atoms with Crippen LogP contribution < -0.4 is 21.3 Å². The molecule has 0 fully saturated rings. The van der Waals surface area contributed by atoms with Crippen LogP contribution in [0.5, 0.6) is 0 Å². The minimum absolute atomic E-state index is 0.0456. The second-order valence-electron chi connectivity index (χ2n) is 19.0. The lowest BCUT2D eigenvalue weighted by Gasteiger charge is -2.23. The van der Waals surface area contributed by atoms with Crippen molar-refractivity contribution in [3.05, 3.63) is 105 Å². The van der Waals surface area contributed by atoms with Crippen molar-refractivity contribution in [2.75, 3.05) is 16.0 Å². The summed E-state index contributed by atoms with van der Waals surface area (Å²) in [5, 5.41) is 9.85. The molecule has 0 saturated heterocycles. The summed E-state index contributed by atoms with van der Waals surface area (Å²) in [4.78, 5) is 30.2. The van der Waals surface area contributed by atoms with Crippen molar-refractivity contribution in [2.45, 2.75) is 106 Å². The van der Waals surface area contributed by atoms with E-state index in [1.807, 2.05) is 88.3 Å². The van der Waals surface area contributed by atoms with Crippen LogP contribution >= 0.6 is 0 Å². The fraction of sp³-hybridized carbons (Fsp3) is 0.327. The van der Waals surface area contributed by atoms with Gasteiger partial charge in [-0.05, 0) is 110 Å². The number of amides is 2. The SMILES string of the molecule is Cc1cc(C)c(NC(=O)CC(C)(C)C)c(C)c1/N=c1/ccc2c(-c3ccccc3S(=O)(=O)O)c3cc(S(=O)(=O)O)c(Nc4c(C)cc(C)c(NC(=O)CC(C)(C)C)c4C)cc3oc-2c1. The number of benzene rings is 5. The molecular weight excluding hydrogens is 853 g/mol. The number of hydrogen-bond donors (Lipinski definition) is 5. The van der Waals surface area contributed by atoms with Gasteiger partial charge in [0.25, 0.3) is 20.2 Å². The second-order valence-corrected chi connectivity index (χ2v) is 21.8. The van der Waals surface area contributed by atoms with Crippen LogP contribution in [-0.2, 0) is 29.8 Å². The van der Waals surface area contributed by atoms with Gasteiger partial charge < -0.3 is 20.4 Å². The van der Waals surface area contributed by atoms with Crippen molar-refractivity contribution in [1.29, 1.82) is 0 Å². The summed E-state index contributed by atoms with van der Waals surface area (Å²) in [6.07, 6.45) is 0.578. The molecule has 338 valence electrons. The topological polar surface area (TPSA) is 204 Å². The summed E-state index contributed by atoms with van der Waals surface area (Å²) >= 11 is 0. The molecule has 1 aliphatic carbocycles. The Morgan fingerprint density at radius 1 is 0.625 bits per heavy atom. The van der Waals surface area contributed by atoms with E-state index in [2.05, 4.69) is 16.0 Å². The summed E-state index contributed by atoms with van der Waals surface area (Å²) in [5.74, 6) is -0.0833. The standard InChI is InChI=1S/C49H56N4O9S2/c1-26-19-28(3)46(52-41(54)24-48(7,8)9)30(5)44(26)50-32-17-18-33-37(21-32)62-38-23-36(51-45-27(2)20-29(4)47(31(45)6)53-42(55)25-49(10,11)12)40(64(59,60)61)22-35(38)43(33)34-15-13-14-16-39(34)63(56,57)58/h13-23,51H,24-25H2,1-12H3,(H,52,54)(H,53,55)(H,56,57,58)(H,59,60,61)/b50-32-. The quantitative estimate of drug-likeness (QED) is 0.0649. The first-order valence-electron chi connectivity index (χ1n) is 20.7. The van der Waals surface area contributed by atoms with E-state index < -0.39 is 30.0 Å². The van der Waals surface area contributed by atoms with Gasteiger partial charge in [-0.15, -0.1) is 0 Å². The molecule has 64 heavy (non-hydrogen) atoms. The zero-order valence-corrected chi connectivity index (χ0v) is 39.9. The molecule has 2 amide bonds. The first kappa shape index (κ1) is 47.6. The number of carbonyl (C=O) groups excluding carboxylic acids is 2. The van der Waals surface area contributed by atoms with Crippen LogP contribution in [0.1, 0.15) is 87.8 Å². The number of carbonyl (C=O) groups is 2. The van der Waals surface area contributed by atoms with Gasteiger partial charge in [0.05, 0.1) is 16.7 Å². The van der Waals surface area contributed by atoms with Crippen LogP contribution in [-0.4, -0.2) is 37.8 Å². The van der Waals surface area contributed by atoms with E-state index in [4.69, 9.17) is 9.41 Å². The predicted molar refractivity (Wildman–Crippen MR) is 253 cm³/mol. The van der Waals surface area contributed by atoms with E-state index in [1.54, 1.807) is 31.2 Å². The average molecular weight is 909 g/mol. The highest BCUT2D eigenvalue weighted by atomic mass is 32.2. The van der Waals surface area contributed by atoms with Crippen molar-refractivity contribution < 1.29 is 39.9 Å². The highest BCUT2D eigenvalue weighted by molar-refractivity contribution is 7.86. The third-order valence-corrected chi connectivity index (χ3v) is 12.6. The number of nitrogens with one attached hydrogen (secondary N) is 3. The lowest BCUT2D eigenvalue weighted by atomic mass is 9.91. The monoisotopic (exact) mass is 908 g/mol. The number of aryl methyl sites for hydroxylation is 4. The van der Waals surface area contributed by atoms with Gasteiger partial charge in [0.2, 0.25) is 11.8 Å². The molecule has 4 aromatic carbocycles. The maximum absolute atomic E-state index is 13.3. The maximum atomic E-state index is 13.3. The molecule has 0 saturated carbocycles. The van der Waals surface area contributed by atoms with E-state index in [-0.39, 0.29) is 62.6 Å². The largest absolute Gasteiger partial charge is 0.456 e. The zero-order valence-electron chi connectivity index (χ0n) is 38.3. The Morgan fingerprint density at radius 3 is 1.72 bits per heavy atom. The van der Waals surface area contributed by atoms with Crippen LogP contribution in [0.4, 0.5) is 28.4 Å². The Bertz CT molecular complexity index is 3160. The normalized spacial score (nSPS) is 12.8. The van der Waals surface area contributed by atoms with Crippen molar-refractivity contribution in [2.24, 2.45) is 15.8 Å². The Balaban J connectivity index is 1.62. The van der Waals surface area contributed by atoms with E-state index in [0.717, 1.165) is 22.3 Å². The van der Waals surface area contributed by atoms with Gasteiger partial charge in [-0.2, -0.15) is 16.8 Å². The molecule has 15 heteroatoms. The summed E-state index contributed by atoms with van der Waals surface area (Å²) in [6.45, 7) is 23.1. The van der Waals surface area contributed by atoms with E-state index in [9.17, 15) is 35.5 Å². The number of nitrogens with zero attached hydrogens (tertiary/aromatic N) is 1. The summed E-state index contributed by atoms with van der Waals surface area (Å²) < 4.78 is 80.0. The fourth-order valence-electron chi connectivity index (χ4n) is 8.18. The Kier molecular flexibility index (Phi) is 12.8. The van der Waals surface area contributed by atoms with E-state index in [0.29, 0.717) is 51.2 Å². The third kappa shape index (κ3) is 10.4. The van der Waals surface area contributed by atoms with Crippen LogP contribution in [0.3, 0.4) is 0 Å². The molecule has 6 rings (SSSR count). The molecule has 0 unspecified atom stereocenters. The first-order chi connectivity index (χ1) is 29.5. The number of anilines is 4. The summed E-state index contributed by atoms with van der Waals surface area (Å²) in [6, 6.07) is 17.2. The van der Waals surface area contributed by atoms with Crippen LogP contribution in [0, 0.1) is 52.4 Å². The van der Waals surface area contributed by atoms with Gasteiger partial charge in [-0.3, -0.25) is 18.7 Å². The number of fused-ring (bicyclic) bond motifs is 2. The molecule has 0 spiro atoms. The molecule has 2 aliphatic rings. The van der Waals surface area contributed by atoms with Gasteiger partial charge in [0, 0.05) is 64.1 Å². The molecule has 1 aliphatic heterocycles. The van der Waals surface area contributed by atoms with Crippen LogP contribution in [0.25, 0.3) is 33.4 Å². The average Bonchev–Trinajstić information content (AvgIpc) is 3.15. The molecule has 0 bridgehead atoms. The Hall–Kier alpha value is -5.87. The van der Waals surface area contributed by atoms with Gasteiger partial charge >= 0.3 is 0 Å². The predicted octanol–water partition coefficient (Wildman–Crippen LogP) is 11.3. The highest BCUT2D eigenvalue weighted by Gasteiger charge is 2.28. The molecule has 0 atom stereocenters. The van der Waals surface area contributed by atoms with Crippen LogP contribution in [0.2, 0.25) is 0 Å². The van der Waals surface area contributed by atoms with Gasteiger partial charge in [-0.25, -0.2) is 4.99 Å². The lowest BCUT2D eigenvalue weighted by molar-refractivity contribution is -0.118. The first-order valence-corrected chi connectivity index (χ1v) is 23.6. The fourth-order valence-corrected chi connectivity index (χ4v) is 9.53. The molecule has 13 nitrogen and oxygen atoms in total. The van der Waals surface area contributed by atoms with Gasteiger partial charge in [0.1, 0.15) is 21.1 Å². The summed E-state index contributed by atoms with van der Waals surface area (Å²) in [7, 11) is -9.79. The molecule has 1 heterocycles. The molecule has 0 aromatic heterocycles. The minimum Gasteiger partial charge on any atom is -0.456 e. The molecule has 0 radical (unpaired) electrons. The lowest BCUT2D eigenvalue weighted by Crippen LogP contribution is -2.21. The third-order valence-electron chi connectivity index (χ3n) is 10.8. The van der Waals surface area contributed by atoms with E-state index >= 15 is 0 Å². The minimum atomic E-state index is -4.97. The Morgan fingerprint density at radius 2 is 1.16 bits per heavy atom. The van der Waals surface area contributed by atoms with Crippen molar-refractivity contribution in [3.8, 4) is 22.5 Å². The Labute approximate surface area is 375 Å². The maximum Gasteiger partial charge on any atom is 0.296 e. The number of rotatable bonds is 10. The number of hydrogen-bond acceptors (Lipinski definition) is 9. The molecule has 5 N–H and O–H groups in total. The smallest absolute Gasteiger partial charge is 0.296 e. The van der Waals surface area contributed by atoms with Crippen molar-refractivity contribution in [3.63, 3.8) is 0 Å². The van der Waals surface area contributed by atoms with Crippen LogP contribution in [0.15, 0.2) is 85.9 Å². The van der Waals surface area contributed by atoms with E-state index in [1.165, 1.54) is 30.3 Å². The van der Waals surface area contributed by atoms with Gasteiger partial charge in [0.15, 0.2) is 0 Å². The van der Waals surface area contributed by atoms with Gasteiger partial charge in [-0.1, -0.05) is 71.9 Å². The van der Waals surface area contributed by atoms with Crippen molar-refractivity contribution in [1.82, 2.24) is 0 Å². The van der Waals surface area contributed by atoms with Crippen molar-refractivity contribution >= 4 is 71.5 Å². The molecular formula is C49H56N4O9S2. The zero-order chi connectivity index (χ0) is 47.4. The molecule has 4 aromatic rings. The second kappa shape index (κ2) is 17.3.